The molecule has 0 saturated carbocycles. The van der Waals surface area contributed by atoms with Crippen LogP contribution in [0.1, 0.15) is 6.92 Å². The van der Waals surface area contributed by atoms with Gasteiger partial charge in [0, 0.05) is 0 Å². The predicted molar refractivity (Wildman–Crippen MR) is 26.2 cm³/mol. The van der Waals surface area contributed by atoms with E-state index >= 15 is 0 Å². The molecule has 1 rings (SSSR count). The Bertz CT molecular complexity index is 137. The van der Waals surface area contributed by atoms with E-state index in [4.69, 9.17) is 0 Å². The first-order valence-electron chi connectivity index (χ1n) is 2.32. The number of hydrogen-bond acceptors (Lipinski definition) is 3. The summed E-state index contributed by atoms with van der Waals surface area (Å²) in [5.41, 5.74) is 0. The highest BCUT2D eigenvalue weighted by atomic mass is 16.8. The third-order valence-corrected chi connectivity index (χ3v) is 0.869. The topological polar surface area (TPSA) is 35.5 Å². The lowest BCUT2D eigenvalue weighted by Gasteiger charge is -1.83. The Morgan fingerprint density at radius 3 is 2.75 bits per heavy atom. The highest BCUT2D eigenvalue weighted by molar-refractivity contribution is 5.64. The van der Waals surface area contributed by atoms with Crippen LogP contribution in [0.4, 0.5) is 4.79 Å². The number of hydrogen-bond donors (Lipinski definition) is 0. The molecule has 0 aromatic rings. The zero-order chi connectivity index (χ0) is 5.98. The summed E-state index contributed by atoms with van der Waals surface area (Å²) in [6, 6.07) is 0. The van der Waals surface area contributed by atoms with E-state index in [9.17, 15) is 4.79 Å². The molecule has 1 aliphatic heterocycles. The minimum absolute atomic E-state index is 0.287. The van der Waals surface area contributed by atoms with Gasteiger partial charge in [0.15, 0.2) is 6.61 Å². The lowest BCUT2D eigenvalue weighted by Crippen LogP contribution is -1.88. The minimum Gasteiger partial charge on any atom is -0.426 e. The van der Waals surface area contributed by atoms with Crippen LogP contribution in [0.15, 0.2) is 11.8 Å². The van der Waals surface area contributed by atoms with Gasteiger partial charge in [-0.15, -0.1) is 0 Å². The Balaban J connectivity index is 2.56. The van der Waals surface area contributed by atoms with Crippen LogP contribution in [0.2, 0.25) is 0 Å². The molecule has 1 fully saturated rings. The first kappa shape index (κ1) is 5.15. The molecule has 0 radical (unpaired) electrons. The van der Waals surface area contributed by atoms with Crippen molar-refractivity contribution < 1.29 is 14.3 Å². The normalized spacial score (nSPS) is 23.1. The van der Waals surface area contributed by atoms with Crippen molar-refractivity contribution in [3.63, 3.8) is 0 Å². The summed E-state index contributed by atoms with van der Waals surface area (Å²) < 4.78 is 8.94. The van der Waals surface area contributed by atoms with Gasteiger partial charge < -0.3 is 9.47 Å². The number of allylic oxidation sites excluding steroid dienone is 1. The van der Waals surface area contributed by atoms with Crippen molar-refractivity contribution in [1.29, 1.82) is 0 Å². The summed E-state index contributed by atoms with van der Waals surface area (Å²) >= 11 is 0. The number of ether oxygens (including phenoxy) is 2. The average molecular weight is 114 g/mol. The van der Waals surface area contributed by atoms with Gasteiger partial charge in [0.1, 0.15) is 5.76 Å². The molecule has 0 aromatic carbocycles. The van der Waals surface area contributed by atoms with Crippen LogP contribution in [-0.2, 0) is 9.47 Å². The van der Waals surface area contributed by atoms with Crippen LogP contribution in [-0.4, -0.2) is 12.8 Å². The molecule has 0 atom stereocenters. The monoisotopic (exact) mass is 114 g/mol. The van der Waals surface area contributed by atoms with E-state index in [-0.39, 0.29) is 6.61 Å². The van der Waals surface area contributed by atoms with E-state index in [0.717, 1.165) is 0 Å². The van der Waals surface area contributed by atoms with Crippen LogP contribution >= 0.6 is 0 Å². The van der Waals surface area contributed by atoms with E-state index in [1.807, 2.05) is 0 Å². The Kier molecular flexibility index (Phi) is 1.20. The number of carbonyl (C=O) groups excluding carboxylic acids is 1. The molecule has 0 spiro atoms. The van der Waals surface area contributed by atoms with Gasteiger partial charge in [0.2, 0.25) is 0 Å². The van der Waals surface area contributed by atoms with Gasteiger partial charge in [-0.1, -0.05) is 0 Å². The first-order valence-corrected chi connectivity index (χ1v) is 2.32. The highest BCUT2D eigenvalue weighted by Crippen LogP contribution is 2.08. The molecule has 3 nitrogen and oxygen atoms in total. The first-order chi connectivity index (χ1) is 3.83. The van der Waals surface area contributed by atoms with Gasteiger partial charge in [-0.3, -0.25) is 0 Å². The smallest absolute Gasteiger partial charge is 0.426 e. The van der Waals surface area contributed by atoms with Crippen LogP contribution in [0.25, 0.3) is 0 Å². The van der Waals surface area contributed by atoms with E-state index in [2.05, 4.69) is 9.47 Å². The highest BCUT2D eigenvalue weighted by Gasteiger charge is 2.16. The fraction of sp³-hybridized carbons (Fsp3) is 0.400. The van der Waals surface area contributed by atoms with Crippen LogP contribution in [0.5, 0.6) is 0 Å². The summed E-state index contributed by atoms with van der Waals surface area (Å²) in [5.74, 6) is 0.593. The third-order valence-electron chi connectivity index (χ3n) is 0.869. The molecular weight excluding hydrogens is 108 g/mol. The largest absolute Gasteiger partial charge is 0.514 e. The lowest BCUT2D eigenvalue weighted by atomic mass is 10.5. The minimum atomic E-state index is -0.599. The van der Waals surface area contributed by atoms with E-state index < -0.39 is 6.16 Å². The quantitative estimate of drug-likeness (QED) is 0.441. The molecule has 1 heterocycles. The summed E-state index contributed by atoms with van der Waals surface area (Å²) in [6.07, 6.45) is 1.10. The Labute approximate surface area is 46.9 Å². The maximum atomic E-state index is 10.1. The van der Waals surface area contributed by atoms with Crippen molar-refractivity contribution in [2.75, 3.05) is 6.61 Å². The summed E-state index contributed by atoms with van der Waals surface area (Å²) in [6.45, 7) is 2.08. The SMILES string of the molecule is C/C=C1/COC(=O)O1. The van der Waals surface area contributed by atoms with Gasteiger partial charge in [-0.2, -0.15) is 0 Å². The second-order valence-electron chi connectivity index (χ2n) is 1.40. The fourth-order valence-corrected chi connectivity index (χ4v) is 0.438. The second-order valence-corrected chi connectivity index (χ2v) is 1.40. The van der Waals surface area contributed by atoms with Gasteiger partial charge in [0.05, 0.1) is 0 Å². The average Bonchev–Trinajstić information content (AvgIpc) is 2.14. The maximum Gasteiger partial charge on any atom is 0.514 e. The third kappa shape index (κ3) is 0.804. The standard InChI is InChI=1S/C5H6O3/c1-2-4-3-7-5(6)8-4/h2H,3H2,1H3/b4-2-. The zero-order valence-corrected chi connectivity index (χ0v) is 4.51. The van der Waals surface area contributed by atoms with Crippen LogP contribution < -0.4 is 0 Å². The van der Waals surface area contributed by atoms with E-state index in [1.165, 1.54) is 0 Å². The fourth-order valence-electron chi connectivity index (χ4n) is 0.438. The maximum absolute atomic E-state index is 10.1. The van der Waals surface area contributed by atoms with Crippen LogP contribution in [0.3, 0.4) is 0 Å². The summed E-state index contributed by atoms with van der Waals surface area (Å²) in [4.78, 5) is 10.1. The molecule has 0 N–H and O–H groups in total. The number of cyclic esters (lactones) is 2. The number of rotatable bonds is 0. The molecule has 0 bridgehead atoms. The van der Waals surface area contributed by atoms with E-state index in [1.54, 1.807) is 13.0 Å². The Hall–Kier alpha value is -0.990. The van der Waals surface area contributed by atoms with Gasteiger partial charge in [0.25, 0.3) is 0 Å². The molecule has 1 saturated heterocycles. The van der Waals surface area contributed by atoms with E-state index in [0.29, 0.717) is 5.76 Å². The number of carbonyl (C=O) groups is 1. The molecule has 8 heavy (non-hydrogen) atoms. The predicted octanol–water partition coefficient (Wildman–Crippen LogP) is 1.06. The lowest BCUT2D eigenvalue weighted by molar-refractivity contribution is 0.136. The Morgan fingerprint density at radius 2 is 2.50 bits per heavy atom. The van der Waals surface area contributed by atoms with Gasteiger partial charge in [-0.05, 0) is 13.0 Å². The van der Waals surface area contributed by atoms with Crippen LogP contribution in [0, 0.1) is 0 Å². The van der Waals surface area contributed by atoms with Gasteiger partial charge in [-0.25, -0.2) is 4.79 Å². The Morgan fingerprint density at radius 1 is 1.75 bits per heavy atom. The molecule has 0 unspecified atom stereocenters. The molecule has 1 aliphatic rings. The summed E-state index contributed by atoms with van der Waals surface area (Å²) in [7, 11) is 0. The van der Waals surface area contributed by atoms with Crippen molar-refractivity contribution in [2.45, 2.75) is 6.92 Å². The molecule has 0 aliphatic carbocycles. The van der Waals surface area contributed by atoms with Gasteiger partial charge >= 0.3 is 6.16 Å². The van der Waals surface area contributed by atoms with Crippen molar-refractivity contribution in [3.8, 4) is 0 Å². The molecule has 44 valence electrons. The molecule has 0 aromatic heterocycles. The zero-order valence-electron chi connectivity index (χ0n) is 4.51. The summed E-state index contributed by atoms with van der Waals surface area (Å²) in [5, 5.41) is 0. The van der Waals surface area contributed by atoms with Crippen molar-refractivity contribution >= 4 is 6.16 Å². The van der Waals surface area contributed by atoms with Crippen molar-refractivity contribution in [1.82, 2.24) is 0 Å². The second kappa shape index (κ2) is 1.86. The molecule has 3 heteroatoms. The van der Waals surface area contributed by atoms with Crippen molar-refractivity contribution in [3.05, 3.63) is 11.8 Å². The molecular formula is C5H6O3. The molecule has 0 amide bonds. The van der Waals surface area contributed by atoms with Crippen molar-refractivity contribution in [2.24, 2.45) is 0 Å².